The fourth-order valence-corrected chi connectivity index (χ4v) is 7.49. The Bertz CT molecular complexity index is 2690. The van der Waals surface area contributed by atoms with Gasteiger partial charge in [0, 0.05) is 92.6 Å². The SMILES string of the molecule is CS(=O)(=O)Nc1cccc(Nc2c(C#N)cnc3cnc(NCCN4CCOCC4)cc23)c1.N#Cc1cnc2cnc(NCCN3CCOCC3)cc2c1Nc1cccc(N)c1. The number of nitrogens with two attached hydrogens (primary N) is 1. The summed E-state index contributed by atoms with van der Waals surface area (Å²) in [6.07, 6.45) is 7.54. The van der Waals surface area contributed by atoms with E-state index in [1.54, 1.807) is 42.9 Å². The van der Waals surface area contributed by atoms with Crippen LogP contribution in [0.5, 0.6) is 0 Å². The Balaban J connectivity index is 0.000000188. The van der Waals surface area contributed by atoms with Crippen LogP contribution >= 0.6 is 0 Å². The van der Waals surface area contributed by atoms with Crippen molar-refractivity contribution in [2.75, 3.05) is 117 Å². The highest BCUT2D eigenvalue weighted by molar-refractivity contribution is 7.92. The van der Waals surface area contributed by atoms with Crippen LogP contribution in [0.2, 0.25) is 0 Å². The average molecular weight is 857 g/mol. The van der Waals surface area contributed by atoms with Gasteiger partial charge in [-0.1, -0.05) is 12.1 Å². The fourth-order valence-electron chi connectivity index (χ4n) is 6.94. The summed E-state index contributed by atoms with van der Waals surface area (Å²) in [6, 6.07) is 22.4. The maximum Gasteiger partial charge on any atom is 0.229 e. The Morgan fingerprint density at radius 2 is 1.13 bits per heavy atom. The molecule has 0 amide bonds. The maximum absolute atomic E-state index is 11.6. The van der Waals surface area contributed by atoms with Crippen molar-refractivity contribution in [3.8, 4) is 12.1 Å². The number of benzene rings is 2. The normalized spacial score (nSPS) is 14.5. The zero-order valence-corrected chi connectivity index (χ0v) is 35.1. The number of ether oxygens (including phenoxy) is 2. The van der Waals surface area contributed by atoms with Crippen molar-refractivity contribution in [2.24, 2.45) is 0 Å². The van der Waals surface area contributed by atoms with E-state index >= 15 is 0 Å². The first-order valence-electron chi connectivity index (χ1n) is 20.1. The van der Waals surface area contributed by atoms with E-state index in [1.165, 1.54) is 6.20 Å². The number of nitriles is 2. The molecule has 4 aromatic heterocycles. The summed E-state index contributed by atoms with van der Waals surface area (Å²) in [5, 5.41) is 34.1. The van der Waals surface area contributed by atoms with Gasteiger partial charge in [-0.15, -0.1) is 0 Å². The number of nitrogens with one attached hydrogen (secondary N) is 5. The fraction of sp³-hybridized carbons (Fsp3) is 0.302. The molecule has 2 aliphatic heterocycles. The van der Waals surface area contributed by atoms with Crippen LogP contribution in [-0.4, -0.2) is 123 Å². The maximum atomic E-state index is 11.6. The molecule has 6 aromatic rings. The number of sulfonamides is 1. The molecule has 0 radical (unpaired) electrons. The van der Waals surface area contributed by atoms with Gasteiger partial charge in [0.05, 0.1) is 84.3 Å². The van der Waals surface area contributed by atoms with Gasteiger partial charge in [-0.3, -0.25) is 24.5 Å². The molecular formula is C43H48N14O4S. The number of hydrogen-bond acceptors (Lipinski definition) is 17. The van der Waals surface area contributed by atoms with Gasteiger partial charge in [0.25, 0.3) is 0 Å². The number of pyridine rings is 4. The molecule has 0 atom stereocenters. The van der Waals surface area contributed by atoms with E-state index in [0.29, 0.717) is 56.4 Å². The summed E-state index contributed by atoms with van der Waals surface area (Å²) in [6.45, 7) is 10.2. The highest BCUT2D eigenvalue weighted by Gasteiger charge is 2.15. The molecule has 2 fully saturated rings. The lowest BCUT2D eigenvalue weighted by molar-refractivity contribution is 0.0398. The van der Waals surface area contributed by atoms with Crippen molar-refractivity contribution in [3.05, 3.63) is 96.6 Å². The molecule has 0 unspecified atom stereocenters. The van der Waals surface area contributed by atoms with Crippen molar-refractivity contribution in [1.82, 2.24) is 29.7 Å². The average Bonchev–Trinajstić information content (AvgIpc) is 3.27. The number of anilines is 8. The van der Waals surface area contributed by atoms with Crippen LogP contribution in [0.3, 0.4) is 0 Å². The molecule has 18 nitrogen and oxygen atoms in total. The van der Waals surface area contributed by atoms with Crippen molar-refractivity contribution in [1.29, 1.82) is 10.5 Å². The van der Waals surface area contributed by atoms with Crippen LogP contribution in [0, 0.1) is 22.7 Å². The largest absolute Gasteiger partial charge is 0.399 e. The molecule has 19 heteroatoms. The van der Waals surface area contributed by atoms with Gasteiger partial charge in [0.2, 0.25) is 10.0 Å². The minimum atomic E-state index is -3.40. The molecule has 0 aliphatic carbocycles. The molecular weight excluding hydrogens is 809 g/mol. The van der Waals surface area contributed by atoms with E-state index in [0.717, 1.165) is 107 Å². The summed E-state index contributed by atoms with van der Waals surface area (Å²) >= 11 is 0. The quantitative estimate of drug-likeness (QED) is 0.0795. The molecule has 7 N–H and O–H groups in total. The molecule has 6 heterocycles. The van der Waals surface area contributed by atoms with Gasteiger partial charge < -0.3 is 36.5 Å². The molecule has 62 heavy (non-hydrogen) atoms. The minimum absolute atomic E-state index is 0.370. The summed E-state index contributed by atoms with van der Waals surface area (Å²) in [7, 11) is -3.40. The van der Waals surface area contributed by atoms with E-state index < -0.39 is 10.0 Å². The number of rotatable bonds is 14. The molecule has 0 bridgehead atoms. The number of morpholine rings is 2. The standard InChI is InChI=1S/C22H25N7O3S.C21H23N7O/c1-33(30,31)28-18-4-2-3-17(11-18)27-22-16(13-23)14-25-20-15-26-21(12-19(20)22)24-5-6-29-7-9-32-10-8-29;22-12-15-13-25-19-14-26-20(24-4-5-28-6-8-29-9-7-28)11-18(19)21(15)27-17-3-1-2-16(23)10-17/h2-4,11-12,14-15,28H,5-10H2,1H3,(H,24,26)(H,25,27);1-3,10-11,13-14H,4-9,23H2,(H,24,26)(H,25,27). The Morgan fingerprint density at radius 3 is 1.60 bits per heavy atom. The molecule has 2 saturated heterocycles. The Kier molecular flexibility index (Phi) is 14.4. The predicted octanol–water partition coefficient (Wildman–Crippen LogP) is 4.93. The summed E-state index contributed by atoms with van der Waals surface area (Å²) in [5.41, 5.74) is 11.9. The van der Waals surface area contributed by atoms with Gasteiger partial charge >= 0.3 is 0 Å². The van der Waals surface area contributed by atoms with Gasteiger partial charge in [-0.2, -0.15) is 10.5 Å². The minimum Gasteiger partial charge on any atom is -0.399 e. The van der Waals surface area contributed by atoms with Gasteiger partial charge in [-0.25, -0.2) is 18.4 Å². The number of hydrogen-bond donors (Lipinski definition) is 6. The first kappa shape index (κ1) is 43.2. The molecule has 320 valence electrons. The first-order valence-corrected chi connectivity index (χ1v) is 22.0. The van der Waals surface area contributed by atoms with E-state index in [4.69, 9.17) is 15.2 Å². The van der Waals surface area contributed by atoms with Crippen molar-refractivity contribution < 1.29 is 17.9 Å². The Hall–Kier alpha value is -6.87. The monoisotopic (exact) mass is 856 g/mol. The van der Waals surface area contributed by atoms with Crippen molar-refractivity contribution in [3.63, 3.8) is 0 Å². The van der Waals surface area contributed by atoms with Gasteiger partial charge in [-0.05, 0) is 48.5 Å². The van der Waals surface area contributed by atoms with Crippen LogP contribution in [-0.2, 0) is 19.5 Å². The topological polar surface area (TPSA) is 244 Å². The second-order valence-electron chi connectivity index (χ2n) is 14.6. The number of aromatic nitrogens is 4. The van der Waals surface area contributed by atoms with E-state index in [9.17, 15) is 18.9 Å². The van der Waals surface area contributed by atoms with Crippen LogP contribution < -0.4 is 31.7 Å². The van der Waals surface area contributed by atoms with Crippen LogP contribution in [0.25, 0.3) is 21.8 Å². The number of nitrogens with zero attached hydrogens (tertiary/aromatic N) is 8. The Labute approximate surface area is 360 Å². The lowest BCUT2D eigenvalue weighted by Crippen LogP contribution is -2.39. The Morgan fingerprint density at radius 1 is 0.661 bits per heavy atom. The second-order valence-corrected chi connectivity index (χ2v) is 16.3. The molecule has 8 rings (SSSR count). The van der Waals surface area contributed by atoms with Gasteiger partial charge in [0.1, 0.15) is 23.8 Å². The molecule has 0 spiro atoms. The summed E-state index contributed by atoms with van der Waals surface area (Å²) in [4.78, 5) is 22.3. The third-order valence-corrected chi connectivity index (χ3v) is 10.6. The van der Waals surface area contributed by atoms with E-state index in [1.807, 2.05) is 36.4 Å². The smallest absolute Gasteiger partial charge is 0.229 e. The van der Waals surface area contributed by atoms with Crippen LogP contribution in [0.15, 0.2) is 85.5 Å². The lowest BCUT2D eigenvalue weighted by atomic mass is 10.1. The third kappa shape index (κ3) is 11.9. The first-order chi connectivity index (χ1) is 30.1. The molecule has 2 aromatic carbocycles. The van der Waals surface area contributed by atoms with Crippen molar-refractivity contribution in [2.45, 2.75) is 0 Å². The van der Waals surface area contributed by atoms with Gasteiger partial charge in [0.15, 0.2) is 0 Å². The highest BCUT2D eigenvalue weighted by atomic mass is 32.2. The highest BCUT2D eigenvalue weighted by Crippen LogP contribution is 2.32. The van der Waals surface area contributed by atoms with E-state index in [-0.39, 0.29) is 0 Å². The number of nitrogen functional groups attached to an aromatic ring is 1. The van der Waals surface area contributed by atoms with E-state index in [2.05, 4.69) is 67.9 Å². The third-order valence-electron chi connectivity index (χ3n) is 10.0. The van der Waals surface area contributed by atoms with Crippen LogP contribution in [0.4, 0.5) is 45.8 Å². The zero-order valence-electron chi connectivity index (χ0n) is 34.3. The molecule has 0 saturated carbocycles. The van der Waals surface area contributed by atoms with Crippen LogP contribution in [0.1, 0.15) is 11.1 Å². The predicted molar refractivity (Wildman–Crippen MR) is 242 cm³/mol. The zero-order chi connectivity index (χ0) is 43.3. The lowest BCUT2D eigenvalue weighted by Gasteiger charge is -2.26. The molecule has 2 aliphatic rings. The number of fused-ring (bicyclic) bond motifs is 2. The summed E-state index contributed by atoms with van der Waals surface area (Å²) in [5.74, 6) is 1.43. The second kappa shape index (κ2) is 20.6. The van der Waals surface area contributed by atoms with Crippen molar-refractivity contribution >= 4 is 77.6 Å². The summed E-state index contributed by atoms with van der Waals surface area (Å²) < 4.78 is 36.3.